The summed E-state index contributed by atoms with van der Waals surface area (Å²) in [6.07, 6.45) is -0.635. The highest BCUT2D eigenvalue weighted by Gasteiger charge is 2.17. The van der Waals surface area contributed by atoms with Crippen LogP contribution < -0.4 is 20.1 Å². The molecule has 0 aromatic heterocycles. The summed E-state index contributed by atoms with van der Waals surface area (Å²) in [6.45, 7) is 13.1. The van der Waals surface area contributed by atoms with Crippen molar-refractivity contribution in [2.24, 2.45) is 0 Å². The zero-order valence-corrected chi connectivity index (χ0v) is 20.2. The van der Waals surface area contributed by atoms with E-state index in [0.717, 1.165) is 33.9 Å². The van der Waals surface area contributed by atoms with Gasteiger partial charge in [0.2, 0.25) is 5.91 Å². The van der Waals surface area contributed by atoms with E-state index >= 15 is 0 Å². The third-order valence-corrected chi connectivity index (χ3v) is 4.58. The molecule has 0 radical (unpaired) electrons. The Bertz CT molecular complexity index is 954. The van der Waals surface area contributed by atoms with E-state index in [1.807, 2.05) is 44.2 Å². The van der Waals surface area contributed by atoms with E-state index in [1.54, 1.807) is 27.9 Å². The Hall–Kier alpha value is -3.22. The van der Waals surface area contributed by atoms with Crippen molar-refractivity contribution in [1.29, 1.82) is 0 Å². The van der Waals surface area contributed by atoms with Gasteiger partial charge in [-0.15, -0.1) is 0 Å². The smallest absolute Gasteiger partial charge is 0.408 e. The molecular weight excluding hydrogens is 408 g/mol. The van der Waals surface area contributed by atoms with Crippen molar-refractivity contribution < 1.29 is 23.8 Å². The highest BCUT2D eigenvalue weighted by molar-refractivity contribution is 5.94. The number of alkyl carbamates (subject to hydrolysis) is 1. The molecule has 7 heteroatoms. The second-order valence-corrected chi connectivity index (χ2v) is 9.00. The van der Waals surface area contributed by atoms with E-state index in [9.17, 15) is 9.59 Å². The van der Waals surface area contributed by atoms with Crippen molar-refractivity contribution in [2.75, 3.05) is 19.0 Å². The molecule has 0 saturated heterocycles. The number of hydrogen-bond donors (Lipinski definition) is 2. The number of aryl methyl sites for hydroxylation is 2. The first-order valence-electron chi connectivity index (χ1n) is 10.6. The van der Waals surface area contributed by atoms with Crippen LogP contribution in [0.2, 0.25) is 0 Å². The maximum atomic E-state index is 12.2. The lowest BCUT2D eigenvalue weighted by molar-refractivity contribution is -0.115. The van der Waals surface area contributed by atoms with Crippen LogP contribution in [0.25, 0.3) is 0 Å². The van der Waals surface area contributed by atoms with Crippen LogP contribution in [0.3, 0.4) is 0 Å². The average Bonchev–Trinajstić information content (AvgIpc) is 2.67. The number of anilines is 1. The summed E-state index contributed by atoms with van der Waals surface area (Å²) < 4.78 is 16.7. The minimum absolute atomic E-state index is 0.185. The molecule has 0 fully saturated rings. The quantitative estimate of drug-likeness (QED) is 0.575. The van der Waals surface area contributed by atoms with Gasteiger partial charge in [-0.2, -0.15) is 0 Å². The number of rotatable bonds is 7. The van der Waals surface area contributed by atoms with Gasteiger partial charge in [-0.3, -0.25) is 4.79 Å². The predicted octanol–water partition coefficient (Wildman–Crippen LogP) is 5.69. The molecule has 174 valence electrons. The Morgan fingerprint density at radius 2 is 1.66 bits per heavy atom. The van der Waals surface area contributed by atoms with Crippen molar-refractivity contribution in [3.8, 4) is 17.2 Å². The van der Waals surface area contributed by atoms with Crippen molar-refractivity contribution >= 4 is 17.7 Å². The minimum atomic E-state index is -0.635. The summed E-state index contributed by atoms with van der Waals surface area (Å²) in [6, 6.07) is 9.44. The number of hydrogen-bond acceptors (Lipinski definition) is 5. The monoisotopic (exact) mass is 442 g/mol. The van der Waals surface area contributed by atoms with Gasteiger partial charge in [0.25, 0.3) is 0 Å². The SMILES string of the molecule is COc1ccc(Oc2c(C)cc(NC(=O)CNC(=O)OC(C)(C)C)cc2C)cc1C(C)C. The second kappa shape index (κ2) is 10.4. The van der Waals surface area contributed by atoms with Crippen molar-refractivity contribution in [3.05, 3.63) is 47.0 Å². The van der Waals surface area contributed by atoms with Crippen LogP contribution in [0, 0.1) is 13.8 Å². The number of carbonyl (C=O) groups is 2. The zero-order chi connectivity index (χ0) is 24.1. The van der Waals surface area contributed by atoms with Gasteiger partial charge in [-0.25, -0.2) is 4.79 Å². The molecule has 0 aliphatic carbocycles. The normalized spacial score (nSPS) is 11.2. The molecule has 0 spiro atoms. The number of carbonyl (C=O) groups excluding carboxylic acids is 2. The number of methoxy groups -OCH3 is 1. The van der Waals surface area contributed by atoms with Crippen molar-refractivity contribution in [1.82, 2.24) is 5.32 Å². The fraction of sp³-hybridized carbons (Fsp3) is 0.440. The molecule has 0 heterocycles. The summed E-state index contributed by atoms with van der Waals surface area (Å²) in [7, 11) is 1.66. The van der Waals surface area contributed by atoms with Gasteiger partial charge in [-0.1, -0.05) is 13.8 Å². The third-order valence-electron chi connectivity index (χ3n) is 4.58. The molecule has 2 aromatic rings. The van der Waals surface area contributed by atoms with Gasteiger partial charge in [0.1, 0.15) is 29.4 Å². The lowest BCUT2D eigenvalue weighted by atomic mass is 10.0. The Balaban J connectivity index is 2.08. The largest absolute Gasteiger partial charge is 0.496 e. The molecule has 2 aromatic carbocycles. The molecule has 2 N–H and O–H groups in total. The van der Waals surface area contributed by atoms with E-state index in [1.165, 1.54) is 0 Å². The van der Waals surface area contributed by atoms with E-state index in [0.29, 0.717) is 11.6 Å². The van der Waals surface area contributed by atoms with Crippen LogP contribution in [-0.4, -0.2) is 31.3 Å². The second-order valence-electron chi connectivity index (χ2n) is 9.00. The first kappa shape index (κ1) is 25.0. The van der Waals surface area contributed by atoms with Crippen LogP contribution in [0.15, 0.2) is 30.3 Å². The molecule has 2 amide bonds. The average molecular weight is 443 g/mol. The van der Waals surface area contributed by atoms with Gasteiger partial charge in [0, 0.05) is 11.3 Å². The Morgan fingerprint density at radius 3 is 2.19 bits per heavy atom. The van der Waals surface area contributed by atoms with Crippen LogP contribution in [-0.2, 0) is 9.53 Å². The molecule has 0 unspecified atom stereocenters. The summed E-state index contributed by atoms with van der Waals surface area (Å²) in [5, 5.41) is 5.24. The molecule has 32 heavy (non-hydrogen) atoms. The highest BCUT2D eigenvalue weighted by Crippen LogP contribution is 2.35. The van der Waals surface area contributed by atoms with Crippen LogP contribution >= 0.6 is 0 Å². The highest BCUT2D eigenvalue weighted by atomic mass is 16.6. The predicted molar refractivity (Wildman–Crippen MR) is 126 cm³/mol. The Labute approximate surface area is 190 Å². The van der Waals surface area contributed by atoms with E-state index < -0.39 is 11.7 Å². The fourth-order valence-corrected chi connectivity index (χ4v) is 3.20. The van der Waals surface area contributed by atoms with Gasteiger partial charge < -0.3 is 24.8 Å². The van der Waals surface area contributed by atoms with E-state index in [4.69, 9.17) is 14.2 Å². The lowest BCUT2D eigenvalue weighted by Crippen LogP contribution is -2.37. The van der Waals surface area contributed by atoms with Crippen LogP contribution in [0.4, 0.5) is 10.5 Å². The number of ether oxygens (including phenoxy) is 3. The van der Waals surface area contributed by atoms with Crippen molar-refractivity contribution in [3.63, 3.8) is 0 Å². The van der Waals surface area contributed by atoms with E-state index in [-0.39, 0.29) is 12.5 Å². The van der Waals surface area contributed by atoms with Gasteiger partial charge in [0.15, 0.2) is 0 Å². The van der Waals surface area contributed by atoms with Gasteiger partial charge >= 0.3 is 6.09 Å². The maximum Gasteiger partial charge on any atom is 0.408 e. The fourth-order valence-electron chi connectivity index (χ4n) is 3.20. The lowest BCUT2D eigenvalue weighted by Gasteiger charge is -2.19. The summed E-state index contributed by atoms with van der Waals surface area (Å²) in [5.74, 6) is 2.23. The molecule has 2 rings (SSSR count). The summed E-state index contributed by atoms with van der Waals surface area (Å²) in [5.41, 5.74) is 2.83. The van der Waals surface area contributed by atoms with Gasteiger partial charge in [-0.05, 0) is 82.0 Å². The molecule has 0 saturated carbocycles. The van der Waals surface area contributed by atoms with Crippen molar-refractivity contribution in [2.45, 2.75) is 60.0 Å². The van der Waals surface area contributed by atoms with Crippen LogP contribution in [0.5, 0.6) is 17.2 Å². The molecule has 0 atom stereocenters. The molecule has 0 aliphatic heterocycles. The van der Waals surface area contributed by atoms with E-state index in [2.05, 4.69) is 24.5 Å². The zero-order valence-electron chi connectivity index (χ0n) is 20.2. The molecular formula is C25H34N2O5. The summed E-state index contributed by atoms with van der Waals surface area (Å²) in [4.78, 5) is 23.9. The van der Waals surface area contributed by atoms with Crippen LogP contribution in [0.1, 0.15) is 57.2 Å². The maximum absolute atomic E-state index is 12.2. The van der Waals surface area contributed by atoms with Gasteiger partial charge in [0.05, 0.1) is 7.11 Å². The molecule has 7 nitrogen and oxygen atoms in total. The molecule has 0 aliphatic rings. The number of amides is 2. The number of benzene rings is 2. The standard InChI is InChI=1S/C25H34N2O5/c1-15(2)20-13-19(9-10-21(20)30-8)31-23-16(3)11-18(12-17(23)4)27-22(28)14-26-24(29)32-25(5,6)7/h9-13,15H,14H2,1-8H3,(H,26,29)(H,27,28). The molecule has 0 bridgehead atoms. The first-order valence-corrected chi connectivity index (χ1v) is 10.6. The minimum Gasteiger partial charge on any atom is -0.496 e. The first-order chi connectivity index (χ1) is 14.9. The number of nitrogens with one attached hydrogen (secondary N) is 2. The third kappa shape index (κ3) is 7.18. The Kier molecular flexibility index (Phi) is 8.14. The summed E-state index contributed by atoms with van der Waals surface area (Å²) >= 11 is 0. The Morgan fingerprint density at radius 1 is 1.03 bits per heavy atom. The topological polar surface area (TPSA) is 85.9 Å².